The third-order valence-corrected chi connectivity index (χ3v) is 5.08. The van der Waals surface area contributed by atoms with Crippen LogP contribution in [-0.2, 0) is 22.5 Å². The largest absolute Gasteiger partial charge is 0.377 e. The van der Waals surface area contributed by atoms with E-state index in [1.807, 2.05) is 4.90 Å². The van der Waals surface area contributed by atoms with Gasteiger partial charge in [-0.25, -0.2) is 0 Å². The highest BCUT2D eigenvalue weighted by molar-refractivity contribution is 5.76. The molecule has 0 aromatic heterocycles. The predicted octanol–water partition coefficient (Wildman–Crippen LogP) is 2.51. The van der Waals surface area contributed by atoms with Crippen molar-refractivity contribution in [3.05, 3.63) is 35.4 Å². The van der Waals surface area contributed by atoms with E-state index in [-0.39, 0.29) is 5.91 Å². The van der Waals surface area contributed by atoms with Crippen LogP contribution in [0.15, 0.2) is 24.3 Å². The first-order valence-corrected chi connectivity index (χ1v) is 8.97. The Labute approximate surface area is 139 Å². The lowest BCUT2D eigenvalue weighted by molar-refractivity contribution is -0.132. The summed E-state index contributed by atoms with van der Waals surface area (Å²) in [6.45, 7) is 5.42. The van der Waals surface area contributed by atoms with E-state index in [4.69, 9.17) is 4.74 Å². The number of amides is 1. The molecule has 0 unspecified atom stereocenters. The van der Waals surface area contributed by atoms with Gasteiger partial charge in [-0.05, 0) is 36.8 Å². The lowest BCUT2D eigenvalue weighted by Crippen LogP contribution is -2.42. The molecule has 1 amide bonds. The molecular weight excluding hydrogens is 288 g/mol. The summed E-state index contributed by atoms with van der Waals surface area (Å²) in [5, 5.41) is 3.53. The molecule has 0 saturated carbocycles. The third kappa shape index (κ3) is 4.12. The smallest absolute Gasteiger partial charge is 0.224 e. The molecule has 2 heterocycles. The van der Waals surface area contributed by atoms with Crippen LogP contribution >= 0.6 is 0 Å². The van der Waals surface area contributed by atoms with Gasteiger partial charge in [0.2, 0.25) is 5.91 Å². The lowest BCUT2D eigenvalue weighted by atomic mass is 10.00. The van der Waals surface area contributed by atoms with Crippen molar-refractivity contribution < 1.29 is 9.53 Å². The van der Waals surface area contributed by atoms with Gasteiger partial charge >= 0.3 is 0 Å². The summed E-state index contributed by atoms with van der Waals surface area (Å²) in [4.78, 5) is 14.5. The molecule has 1 saturated heterocycles. The van der Waals surface area contributed by atoms with Crippen LogP contribution in [0.4, 0.5) is 0 Å². The van der Waals surface area contributed by atoms with Gasteiger partial charge in [-0.2, -0.15) is 0 Å². The Morgan fingerprint density at radius 2 is 2.22 bits per heavy atom. The number of rotatable bonds is 6. The first kappa shape index (κ1) is 16.5. The van der Waals surface area contributed by atoms with Crippen molar-refractivity contribution in [2.75, 3.05) is 19.7 Å². The van der Waals surface area contributed by atoms with Crippen LogP contribution < -0.4 is 5.32 Å². The van der Waals surface area contributed by atoms with Crippen LogP contribution in [0.1, 0.15) is 43.7 Å². The number of benzene rings is 1. The molecule has 0 bridgehead atoms. The first-order chi connectivity index (χ1) is 11.3. The second kappa shape index (κ2) is 7.93. The van der Waals surface area contributed by atoms with Gasteiger partial charge in [0.15, 0.2) is 0 Å². The van der Waals surface area contributed by atoms with Crippen molar-refractivity contribution >= 4 is 5.91 Å². The van der Waals surface area contributed by atoms with Crippen molar-refractivity contribution in [3.63, 3.8) is 0 Å². The Hall–Kier alpha value is -1.39. The van der Waals surface area contributed by atoms with E-state index in [2.05, 4.69) is 36.5 Å². The van der Waals surface area contributed by atoms with Gasteiger partial charge in [0.1, 0.15) is 0 Å². The summed E-state index contributed by atoms with van der Waals surface area (Å²) in [6.07, 6.45) is 5.23. The zero-order valence-corrected chi connectivity index (χ0v) is 14.1. The Morgan fingerprint density at radius 3 is 2.96 bits per heavy atom. The molecule has 3 rings (SSSR count). The van der Waals surface area contributed by atoms with E-state index in [0.29, 0.717) is 18.6 Å². The summed E-state index contributed by atoms with van der Waals surface area (Å²) in [5.41, 5.74) is 2.69. The lowest BCUT2D eigenvalue weighted by Gasteiger charge is -2.29. The number of carbonyl (C=O) groups is 1. The van der Waals surface area contributed by atoms with E-state index in [0.717, 1.165) is 51.9 Å². The molecule has 0 spiro atoms. The molecule has 2 aliphatic rings. The fraction of sp³-hybridized carbons (Fsp3) is 0.632. The van der Waals surface area contributed by atoms with Crippen molar-refractivity contribution in [3.8, 4) is 0 Å². The van der Waals surface area contributed by atoms with Crippen LogP contribution in [0.3, 0.4) is 0 Å². The summed E-state index contributed by atoms with van der Waals surface area (Å²) in [5.74, 6) is 0.259. The van der Waals surface area contributed by atoms with Crippen LogP contribution in [0, 0.1) is 0 Å². The van der Waals surface area contributed by atoms with Crippen molar-refractivity contribution in [2.24, 2.45) is 0 Å². The predicted molar refractivity (Wildman–Crippen MR) is 91.2 cm³/mol. The minimum Gasteiger partial charge on any atom is -0.377 e. The molecular formula is C19H28N2O2. The molecule has 4 nitrogen and oxygen atoms in total. The van der Waals surface area contributed by atoms with E-state index >= 15 is 0 Å². The zero-order chi connectivity index (χ0) is 16.1. The second-order valence-corrected chi connectivity index (χ2v) is 6.60. The molecule has 23 heavy (non-hydrogen) atoms. The summed E-state index contributed by atoms with van der Waals surface area (Å²) in [7, 11) is 0. The Balaban J connectivity index is 1.44. The van der Waals surface area contributed by atoms with E-state index in [1.54, 1.807) is 0 Å². The van der Waals surface area contributed by atoms with Gasteiger partial charge < -0.3 is 15.0 Å². The first-order valence-electron chi connectivity index (χ1n) is 8.97. The van der Waals surface area contributed by atoms with Gasteiger partial charge in [-0.15, -0.1) is 0 Å². The van der Waals surface area contributed by atoms with Crippen LogP contribution in [0.2, 0.25) is 0 Å². The number of nitrogens with zero attached hydrogens (tertiary/aromatic N) is 1. The third-order valence-electron chi connectivity index (χ3n) is 5.08. The minimum absolute atomic E-state index is 0.259. The SMILES string of the molecule is CC[C@@H](NCCC(=O)N1CCc2ccccc2C1)[C@@H]1CCCO1. The monoisotopic (exact) mass is 316 g/mol. The zero-order valence-electron chi connectivity index (χ0n) is 14.1. The van der Waals surface area contributed by atoms with Gasteiger partial charge in [0.25, 0.3) is 0 Å². The maximum atomic E-state index is 12.5. The number of hydrogen-bond donors (Lipinski definition) is 1. The fourth-order valence-corrected chi connectivity index (χ4v) is 3.69. The highest BCUT2D eigenvalue weighted by atomic mass is 16.5. The number of fused-ring (bicyclic) bond motifs is 1. The fourth-order valence-electron chi connectivity index (χ4n) is 3.69. The molecule has 2 aliphatic heterocycles. The standard InChI is InChI=1S/C19H28N2O2/c1-2-17(18-8-5-13-23-18)20-11-9-19(22)21-12-10-15-6-3-4-7-16(15)14-21/h3-4,6-7,17-18,20H,2,5,8-14H2,1H3/t17-,18+/m1/s1. The van der Waals surface area contributed by atoms with Gasteiger partial charge in [-0.3, -0.25) is 4.79 Å². The second-order valence-electron chi connectivity index (χ2n) is 6.60. The maximum Gasteiger partial charge on any atom is 0.224 e. The number of hydrogen-bond acceptors (Lipinski definition) is 3. The van der Waals surface area contributed by atoms with Crippen LogP contribution in [0.5, 0.6) is 0 Å². The van der Waals surface area contributed by atoms with E-state index in [1.165, 1.54) is 11.1 Å². The summed E-state index contributed by atoms with van der Waals surface area (Å²) < 4.78 is 5.76. The molecule has 1 N–H and O–H groups in total. The van der Waals surface area contributed by atoms with Gasteiger partial charge in [-0.1, -0.05) is 31.2 Å². The quantitative estimate of drug-likeness (QED) is 0.877. The summed E-state index contributed by atoms with van der Waals surface area (Å²) in [6, 6.07) is 8.83. The van der Waals surface area contributed by atoms with Crippen molar-refractivity contribution in [2.45, 2.75) is 57.7 Å². The Morgan fingerprint density at radius 1 is 1.39 bits per heavy atom. The average molecular weight is 316 g/mol. The van der Waals surface area contributed by atoms with Crippen molar-refractivity contribution in [1.29, 1.82) is 0 Å². The summed E-state index contributed by atoms with van der Waals surface area (Å²) >= 11 is 0. The number of nitrogens with one attached hydrogen (secondary N) is 1. The van der Waals surface area contributed by atoms with Gasteiger partial charge in [0.05, 0.1) is 6.10 Å². The normalized spacial score (nSPS) is 22.0. The minimum atomic E-state index is 0.259. The molecule has 1 fully saturated rings. The maximum absolute atomic E-state index is 12.5. The van der Waals surface area contributed by atoms with E-state index in [9.17, 15) is 4.79 Å². The highest BCUT2D eigenvalue weighted by Crippen LogP contribution is 2.19. The molecule has 1 aromatic carbocycles. The molecule has 126 valence electrons. The van der Waals surface area contributed by atoms with Crippen LogP contribution in [-0.4, -0.2) is 42.6 Å². The Kier molecular flexibility index (Phi) is 5.68. The number of carbonyl (C=O) groups excluding carboxylic acids is 1. The Bertz CT molecular complexity index is 526. The highest BCUT2D eigenvalue weighted by Gasteiger charge is 2.25. The molecule has 2 atom stereocenters. The molecule has 0 aliphatic carbocycles. The van der Waals surface area contributed by atoms with Gasteiger partial charge in [0, 0.05) is 38.7 Å². The van der Waals surface area contributed by atoms with Crippen molar-refractivity contribution in [1.82, 2.24) is 10.2 Å². The van der Waals surface area contributed by atoms with E-state index < -0.39 is 0 Å². The average Bonchev–Trinajstić information content (AvgIpc) is 3.12. The number of ether oxygens (including phenoxy) is 1. The van der Waals surface area contributed by atoms with Crippen LogP contribution in [0.25, 0.3) is 0 Å². The molecule has 4 heteroatoms. The topological polar surface area (TPSA) is 41.6 Å². The molecule has 1 aromatic rings. The molecule has 0 radical (unpaired) electrons.